The van der Waals surface area contributed by atoms with Crippen LogP contribution in [0.5, 0.6) is 0 Å². The van der Waals surface area contributed by atoms with Crippen LogP contribution in [0.1, 0.15) is 16.7 Å². The number of hydrogen-bond donors (Lipinski definition) is 0. The van der Waals surface area contributed by atoms with E-state index in [9.17, 15) is 15.8 Å². The molecule has 0 saturated carbocycles. The van der Waals surface area contributed by atoms with Crippen molar-refractivity contribution in [3.63, 3.8) is 0 Å². The molecule has 0 spiro atoms. The van der Waals surface area contributed by atoms with Crippen LogP contribution in [0.15, 0.2) is 164 Å². The maximum absolute atomic E-state index is 9.47. The van der Waals surface area contributed by atoms with E-state index in [0.29, 0.717) is 34.2 Å². The first-order chi connectivity index (χ1) is 26.6. The fourth-order valence-corrected chi connectivity index (χ4v) is 6.30. The minimum Gasteiger partial charge on any atom is -0.263 e. The van der Waals surface area contributed by atoms with Gasteiger partial charge in [-0.1, -0.05) is 115 Å². The average molecular weight is 690 g/mol. The SMILES string of the molecule is N#Cc1ccc(-c2ccc(-c3nc(-c4ccc(-c5ccccc5)cc4)nc(-c4ccc(-c5cncc(C#N)c5)cc4)n3)cc2-c2ccc(C#N)cc2)cc1. The van der Waals surface area contributed by atoms with Crippen LogP contribution < -0.4 is 0 Å². The van der Waals surface area contributed by atoms with Gasteiger partial charge in [-0.15, -0.1) is 0 Å². The molecule has 8 aromatic rings. The van der Waals surface area contributed by atoms with E-state index in [0.717, 1.165) is 61.2 Å². The lowest BCUT2D eigenvalue weighted by atomic mass is 9.92. The van der Waals surface area contributed by atoms with Crippen LogP contribution in [0.3, 0.4) is 0 Å². The summed E-state index contributed by atoms with van der Waals surface area (Å²) >= 11 is 0. The first-order valence-corrected chi connectivity index (χ1v) is 17.1. The predicted molar refractivity (Wildman–Crippen MR) is 210 cm³/mol. The van der Waals surface area contributed by atoms with Crippen molar-refractivity contribution in [1.82, 2.24) is 19.9 Å². The van der Waals surface area contributed by atoms with Crippen LogP contribution >= 0.6 is 0 Å². The molecule has 0 radical (unpaired) electrons. The Morgan fingerprint density at radius 1 is 0.315 bits per heavy atom. The summed E-state index contributed by atoms with van der Waals surface area (Å²) in [6.07, 6.45) is 3.28. The zero-order valence-corrected chi connectivity index (χ0v) is 28.7. The summed E-state index contributed by atoms with van der Waals surface area (Å²) in [5, 5.41) is 28.2. The lowest BCUT2D eigenvalue weighted by Crippen LogP contribution is -2.00. The Morgan fingerprint density at radius 2 is 0.741 bits per heavy atom. The van der Waals surface area contributed by atoms with Crippen LogP contribution in [-0.4, -0.2) is 19.9 Å². The summed E-state index contributed by atoms with van der Waals surface area (Å²) in [6, 6.07) is 55.7. The van der Waals surface area contributed by atoms with E-state index >= 15 is 0 Å². The molecule has 8 rings (SSSR count). The van der Waals surface area contributed by atoms with E-state index in [1.54, 1.807) is 36.7 Å². The van der Waals surface area contributed by atoms with Gasteiger partial charge in [0.05, 0.1) is 28.8 Å². The molecule has 0 saturated heterocycles. The Labute approximate surface area is 312 Å². The summed E-state index contributed by atoms with van der Waals surface area (Å²) in [6.45, 7) is 0. The van der Waals surface area contributed by atoms with Gasteiger partial charge >= 0.3 is 0 Å². The van der Waals surface area contributed by atoms with E-state index in [2.05, 4.69) is 53.5 Å². The van der Waals surface area contributed by atoms with E-state index in [-0.39, 0.29) is 0 Å². The van der Waals surface area contributed by atoms with Gasteiger partial charge in [0.15, 0.2) is 17.5 Å². The highest BCUT2D eigenvalue weighted by Gasteiger charge is 2.16. The summed E-state index contributed by atoms with van der Waals surface area (Å²) in [7, 11) is 0. The minimum absolute atomic E-state index is 0.493. The largest absolute Gasteiger partial charge is 0.263 e. The zero-order chi connectivity index (χ0) is 36.9. The van der Waals surface area contributed by atoms with Gasteiger partial charge in [-0.2, -0.15) is 15.8 Å². The number of rotatable bonds is 7. The average Bonchev–Trinajstić information content (AvgIpc) is 3.26. The molecule has 0 amide bonds. The molecule has 0 aliphatic rings. The van der Waals surface area contributed by atoms with Gasteiger partial charge in [-0.05, 0) is 75.3 Å². The lowest BCUT2D eigenvalue weighted by molar-refractivity contribution is 1.07. The van der Waals surface area contributed by atoms with Crippen LogP contribution in [0.2, 0.25) is 0 Å². The number of pyridine rings is 1. The maximum atomic E-state index is 9.47. The molecule has 0 aliphatic carbocycles. The van der Waals surface area contributed by atoms with E-state index in [1.807, 2.05) is 97.1 Å². The fourth-order valence-electron chi connectivity index (χ4n) is 6.30. The van der Waals surface area contributed by atoms with Crippen LogP contribution in [0, 0.1) is 34.0 Å². The first kappa shape index (κ1) is 33.1. The summed E-state index contributed by atoms with van der Waals surface area (Å²) in [4.78, 5) is 19.3. The van der Waals surface area contributed by atoms with Gasteiger partial charge in [0.25, 0.3) is 0 Å². The van der Waals surface area contributed by atoms with Gasteiger partial charge in [0, 0.05) is 34.6 Å². The van der Waals surface area contributed by atoms with Crippen molar-refractivity contribution in [2.24, 2.45) is 0 Å². The monoisotopic (exact) mass is 689 g/mol. The Kier molecular flexibility index (Phi) is 8.99. The Bertz CT molecular complexity index is 2750. The lowest BCUT2D eigenvalue weighted by Gasteiger charge is -2.14. The zero-order valence-electron chi connectivity index (χ0n) is 28.7. The normalized spacial score (nSPS) is 10.5. The topological polar surface area (TPSA) is 123 Å². The molecule has 2 aromatic heterocycles. The van der Waals surface area contributed by atoms with Crippen molar-refractivity contribution < 1.29 is 0 Å². The highest BCUT2D eigenvalue weighted by Crippen LogP contribution is 2.36. The van der Waals surface area contributed by atoms with Crippen molar-refractivity contribution >= 4 is 0 Å². The fraction of sp³-hybridized carbons (Fsp3) is 0. The molecule has 0 N–H and O–H groups in total. The van der Waals surface area contributed by atoms with Crippen molar-refractivity contribution in [3.8, 4) is 96.9 Å². The van der Waals surface area contributed by atoms with Crippen molar-refractivity contribution in [1.29, 1.82) is 15.8 Å². The van der Waals surface area contributed by atoms with Crippen molar-refractivity contribution in [2.75, 3.05) is 0 Å². The molecular weight excluding hydrogens is 663 g/mol. The molecule has 2 heterocycles. The number of benzene rings is 6. The third-order valence-corrected chi connectivity index (χ3v) is 9.16. The summed E-state index contributed by atoms with van der Waals surface area (Å²) < 4.78 is 0. The molecule has 0 bridgehead atoms. The molecule has 0 atom stereocenters. The second-order valence-electron chi connectivity index (χ2n) is 12.5. The summed E-state index contributed by atoms with van der Waals surface area (Å²) in [5.41, 5.74) is 11.8. The Balaban J connectivity index is 1.26. The number of hydrogen-bond acceptors (Lipinski definition) is 7. The molecule has 0 aliphatic heterocycles. The molecule has 54 heavy (non-hydrogen) atoms. The minimum atomic E-state index is 0.493. The number of nitrogens with zero attached hydrogens (tertiary/aromatic N) is 7. The van der Waals surface area contributed by atoms with Gasteiger partial charge in [-0.25, -0.2) is 15.0 Å². The van der Waals surface area contributed by atoms with E-state index in [4.69, 9.17) is 15.0 Å². The number of aromatic nitrogens is 4. The summed E-state index contributed by atoms with van der Waals surface area (Å²) in [5.74, 6) is 1.53. The van der Waals surface area contributed by atoms with Gasteiger partial charge in [0.1, 0.15) is 6.07 Å². The third kappa shape index (κ3) is 6.83. The molecular formula is C47H27N7. The maximum Gasteiger partial charge on any atom is 0.164 e. The van der Waals surface area contributed by atoms with E-state index in [1.165, 1.54) is 0 Å². The molecule has 250 valence electrons. The smallest absolute Gasteiger partial charge is 0.164 e. The van der Waals surface area contributed by atoms with Gasteiger partial charge in [0.2, 0.25) is 0 Å². The van der Waals surface area contributed by atoms with Crippen molar-refractivity contribution in [3.05, 3.63) is 181 Å². The number of nitriles is 3. The highest BCUT2D eigenvalue weighted by molar-refractivity contribution is 5.87. The second kappa shape index (κ2) is 14.7. The Morgan fingerprint density at radius 3 is 1.28 bits per heavy atom. The quantitative estimate of drug-likeness (QED) is 0.163. The highest BCUT2D eigenvalue weighted by atomic mass is 15.0. The van der Waals surface area contributed by atoms with Crippen LogP contribution in [0.25, 0.3) is 78.7 Å². The Hall–Kier alpha value is -8.05. The van der Waals surface area contributed by atoms with Crippen LogP contribution in [-0.2, 0) is 0 Å². The molecule has 0 fully saturated rings. The predicted octanol–water partition coefficient (Wildman–Crippen LogP) is 10.6. The first-order valence-electron chi connectivity index (χ1n) is 17.1. The molecule has 7 nitrogen and oxygen atoms in total. The third-order valence-electron chi connectivity index (χ3n) is 9.16. The molecule has 0 unspecified atom stereocenters. The standard InChI is InChI=1S/C47H27N7/c48-26-31-6-10-37(11-7-31)43-23-22-41(25-44(43)38-12-8-32(27-49)9-13-38)47-53-45(39-18-14-35(15-19-39)34-4-2-1-3-5-34)52-46(54-47)40-20-16-36(17-21-40)42-24-33(28-50)29-51-30-42/h1-25,29-30H. The second-order valence-corrected chi connectivity index (χ2v) is 12.5. The van der Waals surface area contributed by atoms with E-state index < -0.39 is 0 Å². The van der Waals surface area contributed by atoms with Gasteiger partial charge in [-0.3, -0.25) is 4.98 Å². The molecule has 6 aromatic carbocycles. The van der Waals surface area contributed by atoms with Crippen molar-refractivity contribution in [2.45, 2.75) is 0 Å². The van der Waals surface area contributed by atoms with Crippen LogP contribution in [0.4, 0.5) is 0 Å². The van der Waals surface area contributed by atoms with Gasteiger partial charge < -0.3 is 0 Å². The molecule has 7 heteroatoms.